The summed E-state index contributed by atoms with van der Waals surface area (Å²) in [6.45, 7) is 0. The van der Waals surface area contributed by atoms with E-state index in [0.29, 0.717) is 28.3 Å². The van der Waals surface area contributed by atoms with Gasteiger partial charge in [-0.1, -0.05) is 12.1 Å². The van der Waals surface area contributed by atoms with Crippen LogP contribution >= 0.6 is 0 Å². The number of rotatable bonds is 2. The molecule has 2 heterocycles. The fraction of sp³-hybridized carbons (Fsp3) is 0. The standard InChI is InChI=1S/C17H11NO3/c18-17(19)14-8-10-4-6-21-16(10)9-13(14)11-2-1-3-15-12(11)5-7-20-15/h1-9H,(H2,18,19)/i3D. The first-order chi connectivity index (χ1) is 10.6. The minimum absolute atomic E-state index is 0.295. The highest BCUT2D eigenvalue weighted by atomic mass is 16.3. The van der Waals surface area contributed by atoms with Gasteiger partial charge in [-0.15, -0.1) is 0 Å². The summed E-state index contributed by atoms with van der Waals surface area (Å²) >= 11 is 0. The molecule has 0 radical (unpaired) electrons. The van der Waals surface area contributed by atoms with Gasteiger partial charge in [-0.3, -0.25) is 4.79 Å². The molecule has 0 atom stereocenters. The fourth-order valence-corrected chi connectivity index (χ4v) is 2.59. The molecule has 4 rings (SSSR count). The number of furan rings is 2. The molecule has 2 aromatic carbocycles. The summed E-state index contributed by atoms with van der Waals surface area (Å²) in [4.78, 5) is 11.8. The summed E-state index contributed by atoms with van der Waals surface area (Å²) < 4.78 is 18.7. The molecule has 4 aromatic rings. The van der Waals surface area contributed by atoms with Crippen LogP contribution in [-0.2, 0) is 0 Å². The van der Waals surface area contributed by atoms with Crippen LogP contribution in [0, 0.1) is 0 Å². The molecule has 21 heavy (non-hydrogen) atoms. The lowest BCUT2D eigenvalue weighted by Crippen LogP contribution is -2.12. The van der Waals surface area contributed by atoms with Gasteiger partial charge in [0.1, 0.15) is 11.2 Å². The first-order valence-electron chi connectivity index (χ1n) is 6.93. The van der Waals surface area contributed by atoms with Gasteiger partial charge in [-0.05, 0) is 41.4 Å². The maximum absolute atomic E-state index is 11.8. The molecular weight excluding hydrogens is 266 g/mol. The Bertz CT molecular complexity index is 1030. The molecule has 0 bridgehead atoms. The zero-order valence-electron chi connectivity index (χ0n) is 11.9. The molecule has 1 amide bonds. The number of benzene rings is 2. The summed E-state index contributed by atoms with van der Waals surface area (Å²) in [5.74, 6) is -0.510. The van der Waals surface area contributed by atoms with Gasteiger partial charge < -0.3 is 14.6 Å². The predicted molar refractivity (Wildman–Crippen MR) is 79.9 cm³/mol. The Labute approximate surface area is 121 Å². The van der Waals surface area contributed by atoms with E-state index < -0.39 is 5.91 Å². The van der Waals surface area contributed by atoms with Crippen molar-refractivity contribution in [2.45, 2.75) is 0 Å². The van der Waals surface area contributed by atoms with E-state index in [1.165, 1.54) is 6.26 Å². The van der Waals surface area contributed by atoms with Crippen molar-refractivity contribution in [3.8, 4) is 11.1 Å². The Kier molecular flexibility index (Phi) is 2.17. The third-order valence-corrected chi connectivity index (χ3v) is 3.57. The van der Waals surface area contributed by atoms with Crippen molar-refractivity contribution in [1.82, 2.24) is 0 Å². The van der Waals surface area contributed by atoms with Crippen molar-refractivity contribution in [3.63, 3.8) is 0 Å². The SMILES string of the molecule is [2H]c1ccc(-c2cc3occc3cc2C(N)=O)c2ccoc12. The van der Waals surface area contributed by atoms with Gasteiger partial charge >= 0.3 is 0 Å². The van der Waals surface area contributed by atoms with Crippen LogP contribution in [0.1, 0.15) is 11.7 Å². The number of fused-ring (bicyclic) bond motifs is 2. The number of nitrogens with two attached hydrogens (primary N) is 1. The van der Waals surface area contributed by atoms with Gasteiger partial charge in [-0.2, -0.15) is 0 Å². The smallest absolute Gasteiger partial charge is 0.249 e. The van der Waals surface area contributed by atoms with Crippen molar-refractivity contribution in [2.24, 2.45) is 5.73 Å². The summed E-state index contributed by atoms with van der Waals surface area (Å²) in [7, 11) is 0. The van der Waals surface area contributed by atoms with E-state index in [-0.39, 0.29) is 0 Å². The third kappa shape index (κ3) is 1.73. The number of carbonyl (C=O) groups is 1. The molecule has 102 valence electrons. The number of amides is 1. The van der Waals surface area contributed by atoms with Crippen molar-refractivity contribution < 1.29 is 15.0 Å². The summed E-state index contributed by atoms with van der Waals surface area (Å²) in [6.07, 6.45) is 3.10. The van der Waals surface area contributed by atoms with Gasteiger partial charge in [-0.25, -0.2) is 0 Å². The fourth-order valence-electron chi connectivity index (χ4n) is 2.59. The molecule has 0 saturated heterocycles. The van der Waals surface area contributed by atoms with Gasteiger partial charge in [0.2, 0.25) is 5.91 Å². The average Bonchev–Trinajstić information content (AvgIpc) is 3.15. The van der Waals surface area contributed by atoms with Crippen molar-refractivity contribution in [1.29, 1.82) is 0 Å². The molecule has 0 saturated carbocycles. The molecule has 0 aliphatic heterocycles. The Hall–Kier alpha value is -3.01. The highest BCUT2D eigenvalue weighted by molar-refractivity contribution is 6.07. The summed E-state index contributed by atoms with van der Waals surface area (Å²) in [5, 5.41) is 1.58. The van der Waals surface area contributed by atoms with Crippen molar-refractivity contribution in [3.05, 3.63) is 60.5 Å². The molecule has 2 aromatic heterocycles. The second-order valence-electron chi connectivity index (χ2n) is 4.78. The molecule has 2 N–H and O–H groups in total. The van der Waals surface area contributed by atoms with Crippen LogP contribution < -0.4 is 5.73 Å². The minimum Gasteiger partial charge on any atom is -0.464 e. The normalized spacial score (nSPS) is 11.9. The number of primary amides is 1. The average molecular weight is 278 g/mol. The number of carbonyl (C=O) groups excluding carboxylic acids is 1. The van der Waals surface area contributed by atoms with Gasteiger partial charge in [0.25, 0.3) is 0 Å². The van der Waals surface area contributed by atoms with Crippen LogP contribution in [0.2, 0.25) is 0 Å². The molecule has 4 heteroatoms. The quantitative estimate of drug-likeness (QED) is 0.603. The number of hydrogen-bond acceptors (Lipinski definition) is 3. The largest absolute Gasteiger partial charge is 0.464 e. The first kappa shape index (κ1) is 10.7. The van der Waals surface area contributed by atoms with Crippen LogP contribution in [0.25, 0.3) is 33.1 Å². The highest BCUT2D eigenvalue weighted by Gasteiger charge is 2.15. The van der Waals surface area contributed by atoms with E-state index in [9.17, 15) is 4.79 Å². The van der Waals surface area contributed by atoms with Crippen molar-refractivity contribution >= 4 is 27.8 Å². The summed E-state index contributed by atoms with van der Waals surface area (Å²) in [5.41, 5.74) is 8.55. The van der Waals surface area contributed by atoms with Crippen LogP contribution in [-0.4, -0.2) is 5.91 Å². The van der Waals surface area contributed by atoms with Gasteiger partial charge in [0.05, 0.1) is 13.9 Å². The second-order valence-corrected chi connectivity index (χ2v) is 4.78. The Morgan fingerprint density at radius 2 is 1.86 bits per heavy atom. The van der Waals surface area contributed by atoms with E-state index in [0.717, 1.165) is 16.3 Å². The third-order valence-electron chi connectivity index (χ3n) is 3.57. The van der Waals surface area contributed by atoms with E-state index in [4.69, 9.17) is 15.9 Å². The highest BCUT2D eigenvalue weighted by Crippen LogP contribution is 2.34. The van der Waals surface area contributed by atoms with Gasteiger partial charge in [0, 0.05) is 16.3 Å². The second kappa shape index (κ2) is 4.24. The van der Waals surface area contributed by atoms with E-state index in [1.807, 2.05) is 0 Å². The van der Waals surface area contributed by atoms with E-state index in [2.05, 4.69) is 0 Å². The van der Waals surface area contributed by atoms with Crippen LogP contribution in [0.4, 0.5) is 0 Å². The van der Waals surface area contributed by atoms with Crippen LogP contribution in [0.5, 0.6) is 0 Å². The molecular formula is C17H11NO3. The Balaban J connectivity index is 2.10. The zero-order valence-corrected chi connectivity index (χ0v) is 10.9. The van der Waals surface area contributed by atoms with E-state index >= 15 is 0 Å². The number of hydrogen-bond donors (Lipinski definition) is 1. The van der Waals surface area contributed by atoms with E-state index in [1.54, 1.807) is 42.7 Å². The monoisotopic (exact) mass is 278 g/mol. The Morgan fingerprint density at radius 1 is 1.05 bits per heavy atom. The first-order valence-corrected chi connectivity index (χ1v) is 6.43. The maximum atomic E-state index is 11.8. The molecule has 4 nitrogen and oxygen atoms in total. The van der Waals surface area contributed by atoms with Crippen LogP contribution in [0.3, 0.4) is 0 Å². The molecule has 0 aliphatic rings. The lowest BCUT2D eigenvalue weighted by molar-refractivity contribution is 0.100. The molecule has 0 unspecified atom stereocenters. The predicted octanol–water partition coefficient (Wildman–Crippen LogP) is 3.94. The Morgan fingerprint density at radius 3 is 2.71 bits per heavy atom. The summed E-state index contributed by atoms with van der Waals surface area (Å²) in [6, 6.07) is 10.8. The minimum atomic E-state index is -0.510. The maximum Gasteiger partial charge on any atom is 0.249 e. The molecule has 0 aliphatic carbocycles. The van der Waals surface area contributed by atoms with Crippen LogP contribution in [0.15, 0.2) is 63.8 Å². The molecule has 0 fully saturated rings. The van der Waals surface area contributed by atoms with Gasteiger partial charge in [0.15, 0.2) is 0 Å². The lowest BCUT2D eigenvalue weighted by Gasteiger charge is -2.08. The lowest BCUT2D eigenvalue weighted by atomic mass is 9.95. The zero-order chi connectivity index (χ0) is 15.3. The topological polar surface area (TPSA) is 69.4 Å². The van der Waals surface area contributed by atoms with Crippen molar-refractivity contribution in [2.75, 3.05) is 0 Å². The molecule has 0 spiro atoms.